The maximum atomic E-state index is 11.9. The monoisotopic (exact) mass is 296 g/mol. The van der Waals surface area contributed by atoms with Crippen LogP contribution < -0.4 is 5.32 Å². The molecule has 0 aliphatic carbocycles. The van der Waals surface area contributed by atoms with E-state index < -0.39 is 0 Å². The van der Waals surface area contributed by atoms with Crippen LogP contribution in [-0.4, -0.2) is 37.4 Å². The first-order valence-corrected chi connectivity index (χ1v) is 6.75. The Morgan fingerprint density at radius 1 is 1.55 bits per heavy atom. The number of hydrogen-bond donors (Lipinski definition) is 2. The zero-order chi connectivity index (χ0) is 14.7. The number of H-pyrrole nitrogens is 1. The summed E-state index contributed by atoms with van der Waals surface area (Å²) in [6.45, 7) is 6.32. The van der Waals surface area contributed by atoms with Crippen LogP contribution in [0.2, 0.25) is 5.02 Å². The normalized spacial score (nSPS) is 11.1. The van der Waals surface area contributed by atoms with Crippen LogP contribution in [-0.2, 0) is 6.42 Å². The Hall–Kier alpha value is -1.89. The molecule has 0 atom stereocenters. The predicted molar refractivity (Wildman–Crippen MR) is 74.8 cm³/mol. The largest absolute Gasteiger partial charge is 0.350 e. The highest BCUT2D eigenvalue weighted by molar-refractivity contribution is 6.34. The number of aryl methyl sites for hydroxylation is 1. The van der Waals surface area contributed by atoms with Crippen molar-refractivity contribution in [3.05, 3.63) is 28.6 Å². The molecule has 0 unspecified atom stereocenters. The molecule has 0 bridgehead atoms. The number of nitrogens with zero attached hydrogens (tertiary/aromatic N) is 4. The van der Waals surface area contributed by atoms with Gasteiger partial charge in [-0.1, -0.05) is 11.6 Å². The number of carbonyl (C=O) groups is 1. The van der Waals surface area contributed by atoms with Gasteiger partial charge in [-0.05, 0) is 20.8 Å². The molecule has 108 valence electrons. The molecule has 2 aromatic rings. The van der Waals surface area contributed by atoms with E-state index in [0.717, 1.165) is 5.82 Å². The summed E-state index contributed by atoms with van der Waals surface area (Å²) in [7, 11) is 0. The number of aromatic nitrogens is 5. The number of aromatic amines is 1. The Balaban J connectivity index is 1.91. The number of carbonyl (C=O) groups excluding carboxylic acids is 1. The van der Waals surface area contributed by atoms with Crippen molar-refractivity contribution in [3.63, 3.8) is 0 Å². The molecule has 2 aromatic heterocycles. The predicted octanol–water partition coefficient (Wildman–Crippen LogP) is 1.52. The standard InChI is InChI=1S/C12H17ClN6O/c1-7(2)19-6-15-17-9(19)4-5-14-12(20)11-10(13)8(3)16-18-11/h6-7H,4-5H2,1-3H3,(H,14,20)(H,16,18). The van der Waals surface area contributed by atoms with E-state index in [1.54, 1.807) is 13.3 Å². The summed E-state index contributed by atoms with van der Waals surface area (Å²) >= 11 is 5.97. The molecule has 0 saturated carbocycles. The van der Waals surface area contributed by atoms with Crippen molar-refractivity contribution in [2.24, 2.45) is 0 Å². The number of amides is 1. The molecule has 2 N–H and O–H groups in total. The highest BCUT2D eigenvalue weighted by Crippen LogP contribution is 2.16. The summed E-state index contributed by atoms with van der Waals surface area (Å²) in [6.07, 6.45) is 2.29. The topological polar surface area (TPSA) is 88.5 Å². The number of hydrogen-bond acceptors (Lipinski definition) is 4. The summed E-state index contributed by atoms with van der Waals surface area (Å²) in [4.78, 5) is 11.9. The number of nitrogens with one attached hydrogen (secondary N) is 2. The average molecular weight is 297 g/mol. The number of rotatable bonds is 5. The van der Waals surface area contributed by atoms with Crippen LogP contribution in [0.1, 0.15) is 41.9 Å². The minimum absolute atomic E-state index is 0.217. The summed E-state index contributed by atoms with van der Waals surface area (Å²) < 4.78 is 1.97. The second-order valence-corrected chi connectivity index (χ2v) is 5.14. The maximum absolute atomic E-state index is 11.9. The molecule has 0 radical (unpaired) electrons. The van der Waals surface area contributed by atoms with Gasteiger partial charge in [-0.3, -0.25) is 9.89 Å². The first kappa shape index (κ1) is 14.5. The molecular formula is C12H17ClN6O. The fraction of sp³-hybridized carbons (Fsp3) is 0.500. The minimum atomic E-state index is -0.296. The van der Waals surface area contributed by atoms with E-state index in [-0.39, 0.29) is 11.6 Å². The second-order valence-electron chi connectivity index (χ2n) is 4.77. The fourth-order valence-corrected chi connectivity index (χ4v) is 1.98. The van der Waals surface area contributed by atoms with E-state index in [0.29, 0.717) is 29.7 Å². The maximum Gasteiger partial charge on any atom is 0.273 e. The van der Waals surface area contributed by atoms with Gasteiger partial charge in [0.1, 0.15) is 12.2 Å². The second kappa shape index (κ2) is 6.04. The Kier molecular flexibility index (Phi) is 4.39. The smallest absolute Gasteiger partial charge is 0.273 e. The van der Waals surface area contributed by atoms with E-state index in [2.05, 4.69) is 39.6 Å². The molecule has 0 saturated heterocycles. The van der Waals surface area contributed by atoms with E-state index >= 15 is 0 Å². The molecule has 20 heavy (non-hydrogen) atoms. The van der Waals surface area contributed by atoms with Gasteiger partial charge >= 0.3 is 0 Å². The van der Waals surface area contributed by atoms with Crippen LogP contribution in [0.3, 0.4) is 0 Å². The molecule has 0 aliphatic rings. The zero-order valence-corrected chi connectivity index (χ0v) is 12.4. The Morgan fingerprint density at radius 3 is 2.90 bits per heavy atom. The first-order chi connectivity index (χ1) is 9.50. The van der Waals surface area contributed by atoms with Gasteiger partial charge in [-0.25, -0.2) is 0 Å². The highest BCUT2D eigenvalue weighted by atomic mass is 35.5. The molecule has 0 aromatic carbocycles. The quantitative estimate of drug-likeness (QED) is 0.875. The van der Waals surface area contributed by atoms with Crippen molar-refractivity contribution >= 4 is 17.5 Å². The van der Waals surface area contributed by atoms with Crippen molar-refractivity contribution in [2.45, 2.75) is 33.2 Å². The molecule has 7 nitrogen and oxygen atoms in total. The molecule has 0 spiro atoms. The van der Waals surface area contributed by atoms with Crippen LogP contribution in [0.4, 0.5) is 0 Å². The van der Waals surface area contributed by atoms with E-state index in [4.69, 9.17) is 11.6 Å². The van der Waals surface area contributed by atoms with Gasteiger partial charge in [-0.2, -0.15) is 5.10 Å². The lowest BCUT2D eigenvalue weighted by Crippen LogP contribution is -2.27. The lowest BCUT2D eigenvalue weighted by Gasteiger charge is -2.10. The summed E-state index contributed by atoms with van der Waals surface area (Å²) in [5.41, 5.74) is 0.894. The third-order valence-corrected chi connectivity index (χ3v) is 3.39. The molecule has 8 heteroatoms. The summed E-state index contributed by atoms with van der Waals surface area (Å²) in [5, 5.41) is 17.6. The first-order valence-electron chi connectivity index (χ1n) is 6.37. The Morgan fingerprint density at radius 2 is 2.30 bits per heavy atom. The van der Waals surface area contributed by atoms with Crippen LogP contribution in [0.15, 0.2) is 6.33 Å². The van der Waals surface area contributed by atoms with E-state index in [9.17, 15) is 4.79 Å². The molecule has 0 aliphatic heterocycles. The SMILES string of the molecule is Cc1[nH]nc(C(=O)NCCc2nncn2C(C)C)c1Cl. The summed E-state index contributed by atoms with van der Waals surface area (Å²) in [6, 6.07) is 0.291. The van der Waals surface area contributed by atoms with E-state index in [1.807, 2.05) is 4.57 Å². The Bertz CT molecular complexity index is 603. The van der Waals surface area contributed by atoms with Gasteiger partial charge in [0, 0.05) is 19.0 Å². The molecular weight excluding hydrogens is 280 g/mol. The molecule has 2 rings (SSSR count). The van der Waals surface area contributed by atoms with E-state index in [1.165, 1.54) is 0 Å². The van der Waals surface area contributed by atoms with Crippen LogP contribution in [0, 0.1) is 6.92 Å². The third kappa shape index (κ3) is 2.98. The van der Waals surface area contributed by atoms with Gasteiger partial charge in [0.05, 0.1) is 10.7 Å². The van der Waals surface area contributed by atoms with Gasteiger partial charge in [0.15, 0.2) is 5.69 Å². The Labute approximate surface area is 121 Å². The summed E-state index contributed by atoms with van der Waals surface area (Å²) in [5.74, 6) is 0.541. The molecule has 1 amide bonds. The lowest BCUT2D eigenvalue weighted by atomic mass is 10.3. The zero-order valence-electron chi connectivity index (χ0n) is 11.6. The molecule has 2 heterocycles. The van der Waals surface area contributed by atoms with Crippen molar-refractivity contribution in [3.8, 4) is 0 Å². The highest BCUT2D eigenvalue weighted by Gasteiger charge is 2.16. The van der Waals surface area contributed by atoms with Gasteiger partial charge in [0.2, 0.25) is 0 Å². The van der Waals surface area contributed by atoms with Gasteiger partial charge in [-0.15, -0.1) is 10.2 Å². The van der Waals surface area contributed by atoms with Crippen LogP contribution >= 0.6 is 11.6 Å². The van der Waals surface area contributed by atoms with Gasteiger partial charge in [0.25, 0.3) is 5.91 Å². The van der Waals surface area contributed by atoms with Gasteiger partial charge < -0.3 is 9.88 Å². The van der Waals surface area contributed by atoms with Crippen molar-refractivity contribution in [2.75, 3.05) is 6.54 Å². The number of halogens is 1. The van der Waals surface area contributed by atoms with Crippen molar-refractivity contribution in [1.82, 2.24) is 30.3 Å². The fourth-order valence-electron chi connectivity index (χ4n) is 1.81. The lowest BCUT2D eigenvalue weighted by molar-refractivity contribution is 0.0949. The average Bonchev–Trinajstić information content (AvgIpc) is 2.98. The molecule has 0 fully saturated rings. The van der Waals surface area contributed by atoms with Crippen LogP contribution in [0.5, 0.6) is 0 Å². The van der Waals surface area contributed by atoms with Crippen LogP contribution in [0.25, 0.3) is 0 Å². The third-order valence-electron chi connectivity index (χ3n) is 2.93. The van der Waals surface area contributed by atoms with Crippen molar-refractivity contribution in [1.29, 1.82) is 0 Å². The minimum Gasteiger partial charge on any atom is -0.350 e. The van der Waals surface area contributed by atoms with Crippen molar-refractivity contribution < 1.29 is 4.79 Å².